The molecule has 0 fully saturated rings. The molecule has 0 amide bonds. The molecule has 0 atom stereocenters. The Labute approximate surface area is 169 Å². The molecule has 0 bridgehead atoms. The minimum absolute atomic E-state index is 0.221. The number of hydrogen-bond acceptors (Lipinski definition) is 4. The molecule has 0 unspecified atom stereocenters. The molecule has 0 aliphatic rings. The lowest BCUT2D eigenvalue weighted by atomic mass is 10.1. The SMILES string of the molecule is CC[NH+](CC)CCSc1nc(O)c(-c2ccccc2)c(=O)n1-c1ccccc1. The van der Waals surface area contributed by atoms with Crippen LogP contribution in [0.25, 0.3) is 16.8 Å². The summed E-state index contributed by atoms with van der Waals surface area (Å²) in [6.45, 7) is 7.44. The van der Waals surface area contributed by atoms with Crippen LogP contribution in [0.1, 0.15) is 13.8 Å². The van der Waals surface area contributed by atoms with E-state index in [2.05, 4.69) is 18.8 Å². The normalized spacial score (nSPS) is 11.1. The van der Waals surface area contributed by atoms with Crippen LogP contribution in [0, 0.1) is 0 Å². The lowest BCUT2D eigenvalue weighted by Crippen LogP contribution is -3.11. The summed E-state index contributed by atoms with van der Waals surface area (Å²) in [4.78, 5) is 19.3. The highest BCUT2D eigenvalue weighted by atomic mass is 32.2. The van der Waals surface area contributed by atoms with E-state index in [1.165, 1.54) is 16.7 Å². The Bertz CT molecular complexity index is 955. The van der Waals surface area contributed by atoms with Crippen LogP contribution < -0.4 is 10.5 Å². The molecule has 2 N–H and O–H groups in total. The lowest BCUT2D eigenvalue weighted by Gasteiger charge is -2.17. The Hall–Kier alpha value is -2.57. The third-order valence-electron chi connectivity index (χ3n) is 4.80. The molecule has 1 aromatic heterocycles. The van der Waals surface area contributed by atoms with Crippen molar-refractivity contribution in [3.05, 3.63) is 71.0 Å². The van der Waals surface area contributed by atoms with Gasteiger partial charge in [-0.15, -0.1) is 0 Å². The lowest BCUT2D eigenvalue weighted by molar-refractivity contribution is -0.893. The van der Waals surface area contributed by atoms with Gasteiger partial charge < -0.3 is 10.0 Å². The van der Waals surface area contributed by atoms with Crippen LogP contribution in [0.5, 0.6) is 5.88 Å². The number of nitrogens with one attached hydrogen (secondary N) is 1. The van der Waals surface area contributed by atoms with Crippen molar-refractivity contribution in [2.75, 3.05) is 25.4 Å². The molecule has 5 nitrogen and oxygen atoms in total. The van der Waals surface area contributed by atoms with Crippen molar-refractivity contribution in [3.63, 3.8) is 0 Å². The highest BCUT2D eigenvalue weighted by molar-refractivity contribution is 7.99. The zero-order chi connectivity index (χ0) is 19.9. The average Bonchev–Trinajstić information content (AvgIpc) is 2.72. The van der Waals surface area contributed by atoms with Gasteiger partial charge >= 0.3 is 0 Å². The van der Waals surface area contributed by atoms with E-state index >= 15 is 0 Å². The first-order valence-corrected chi connectivity index (χ1v) is 10.6. The van der Waals surface area contributed by atoms with E-state index < -0.39 is 0 Å². The number of para-hydroxylation sites is 1. The summed E-state index contributed by atoms with van der Waals surface area (Å²) in [5.74, 6) is 0.599. The fraction of sp³-hybridized carbons (Fsp3) is 0.273. The Morgan fingerprint density at radius 2 is 1.61 bits per heavy atom. The molecular formula is C22H26N3O2S+. The Morgan fingerprint density at radius 3 is 2.21 bits per heavy atom. The number of benzene rings is 2. The van der Waals surface area contributed by atoms with Crippen LogP contribution in [0.4, 0.5) is 0 Å². The Morgan fingerprint density at radius 1 is 1.00 bits per heavy atom. The summed E-state index contributed by atoms with van der Waals surface area (Å²) in [7, 11) is 0. The largest absolute Gasteiger partial charge is 0.493 e. The van der Waals surface area contributed by atoms with Crippen LogP contribution >= 0.6 is 11.8 Å². The number of thioether (sulfide) groups is 1. The predicted octanol–water partition coefficient (Wildman–Crippen LogP) is 2.62. The predicted molar refractivity (Wildman–Crippen MR) is 115 cm³/mol. The molecule has 0 spiro atoms. The first-order valence-electron chi connectivity index (χ1n) is 9.58. The molecule has 0 aliphatic heterocycles. The summed E-state index contributed by atoms with van der Waals surface area (Å²) in [5, 5.41) is 11.1. The van der Waals surface area contributed by atoms with E-state index in [0.717, 1.165) is 31.1 Å². The van der Waals surface area contributed by atoms with E-state index in [-0.39, 0.29) is 17.0 Å². The van der Waals surface area contributed by atoms with Crippen molar-refractivity contribution >= 4 is 11.8 Å². The number of aromatic nitrogens is 2. The third-order valence-corrected chi connectivity index (χ3v) is 5.74. The van der Waals surface area contributed by atoms with E-state index in [9.17, 15) is 9.90 Å². The Balaban J connectivity index is 2.06. The zero-order valence-corrected chi connectivity index (χ0v) is 17.1. The highest BCUT2D eigenvalue weighted by Gasteiger charge is 2.19. The molecule has 28 heavy (non-hydrogen) atoms. The van der Waals surface area contributed by atoms with E-state index in [1.807, 2.05) is 60.7 Å². The maximum Gasteiger partial charge on any atom is 0.270 e. The maximum absolute atomic E-state index is 13.4. The van der Waals surface area contributed by atoms with Gasteiger partial charge in [-0.25, -0.2) is 0 Å². The van der Waals surface area contributed by atoms with Gasteiger partial charge in [0, 0.05) is 0 Å². The van der Waals surface area contributed by atoms with Crippen LogP contribution in [0.2, 0.25) is 0 Å². The van der Waals surface area contributed by atoms with Crippen LogP contribution in [0.3, 0.4) is 0 Å². The molecular weight excluding hydrogens is 370 g/mol. The number of rotatable bonds is 8. The topological polar surface area (TPSA) is 59.6 Å². The molecule has 3 aromatic rings. The van der Waals surface area contributed by atoms with Crippen molar-refractivity contribution in [1.82, 2.24) is 9.55 Å². The van der Waals surface area contributed by atoms with Crippen LogP contribution in [0.15, 0.2) is 70.6 Å². The zero-order valence-electron chi connectivity index (χ0n) is 16.3. The summed E-state index contributed by atoms with van der Waals surface area (Å²) in [6, 6.07) is 18.7. The van der Waals surface area contributed by atoms with Crippen molar-refractivity contribution < 1.29 is 10.0 Å². The quantitative estimate of drug-likeness (QED) is 0.454. The van der Waals surface area contributed by atoms with E-state index in [4.69, 9.17) is 0 Å². The van der Waals surface area contributed by atoms with Gasteiger partial charge in [0.2, 0.25) is 5.88 Å². The van der Waals surface area contributed by atoms with Crippen LogP contribution in [-0.2, 0) is 0 Å². The number of hydrogen-bond donors (Lipinski definition) is 2. The summed E-state index contributed by atoms with van der Waals surface area (Å²) < 4.78 is 1.60. The van der Waals surface area contributed by atoms with E-state index in [1.54, 1.807) is 4.57 Å². The Kier molecular flexibility index (Phi) is 6.90. The van der Waals surface area contributed by atoms with Gasteiger partial charge in [-0.05, 0) is 31.5 Å². The number of aromatic hydroxyl groups is 1. The van der Waals surface area contributed by atoms with Gasteiger partial charge in [-0.1, -0.05) is 60.3 Å². The molecule has 3 rings (SSSR count). The summed E-state index contributed by atoms with van der Waals surface area (Å²) >= 11 is 1.50. The maximum atomic E-state index is 13.4. The molecule has 1 heterocycles. The second-order valence-corrected chi connectivity index (χ2v) is 7.55. The van der Waals surface area contributed by atoms with Crippen molar-refractivity contribution in [3.8, 4) is 22.7 Å². The molecule has 6 heteroatoms. The standard InChI is InChI=1S/C22H25N3O2S/c1-3-24(4-2)15-16-28-22-23-20(26)19(17-11-7-5-8-12-17)21(27)25(22)18-13-9-6-10-14-18/h5-14,26H,3-4,15-16H2,1-2H3/p+1. The van der Waals surface area contributed by atoms with Gasteiger partial charge in [-0.2, -0.15) is 4.98 Å². The van der Waals surface area contributed by atoms with E-state index in [0.29, 0.717) is 10.7 Å². The monoisotopic (exact) mass is 396 g/mol. The first kappa shape index (κ1) is 20.2. The third kappa shape index (κ3) is 4.46. The van der Waals surface area contributed by atoms with Crippen molar-refractivity contribution in [1.29, 1.82) is 0 Å². The fourth-order valence-corrected chi connectivity index (χ4v) is 4.18. The second-order valence-electron chi connectivity index (χ2n) is 6.49. The van der Waals surface area contributed by atoms with Gasteiger partial charge in [0.1, 0.15) is 5.56 Å². The van der Waals surface area contributed by atoms with Gasteiger partial charge in [0.25, 0.3) is 5.56 Å². The van der Waals surface area contributed by atoms with Crippen LogP contribution in [-0.4, -0.2) is 40.0 Å². The second kappa shape index (κ2) is 9.57. The summed E-state index contributed by atoms with van der Waals surface area (Å²) in [5.41, 5.74) is 1.37. The molecule has 0 radical (unpaired) electrons. The highest BCUT2D eigenvalue weighted by Crippen LogP contribution is 2.28. The first-order chi connectivity index (χ1) is 13.7. The minimum atomic E-state index is -0.261. The number of quaternary nitrogens is 1. The molecule has 0 saturated carbocycles. The van der Waals surface area contributed by atoms with Gasteiger partial charge in [-0.3, -0.25) is 9.36 Å². The molecule has 0 aliphatic carbocycles. The van der Waals surface area contributed by atoms with Gasteiger partial charge in [0.15, 0.2) is 5.16 Å². The molecule has 146 valence electrons. The smallest absolute Gasteiger partial charge is 0.270 e. The molecule has 0 saturated heterocycles. The number of nitrogens with zero attached hydrogens (tertiary/aromatic N) is 2. The molecule has 2 aromatic carbocycles. The summed E-state index contributed by atoms with van der Waals surface area (Å²) in [6.07, 6.45) is 0. The average molecular weight is 397 g/mol. The van der Waals surface area contributed by atoms with Crippen molar-refractivity contribution in [2.24, 2.45) is 0 Å². The van der Waals surface area contributed by atoms with Crippen molar-refractivity contribution in [2.45, 2.75) is 19.0 Å². The van der Waals surface area contributed by atoms with Gasteiger partial charge in [0.05, 0.1) is 31.1 Å². The minimum Gasteiger partial charge on any atom is -0.493 e. The fourth-order valence-electron chi connectivity index (χ4n) is 3.14.